The third kappa shape index (κ3) is 2.76. The third-order valence-corrected chi connectivity index (χ3v) is 5.35. The highest BCUT2D eigenvalue weighted by Crippen LogP contribution is 2.26. The first-order valence-corrected chi connectivity index (χ1v) is 8.88. The fraction of sp³-hybridized carbons (Fsp3) is 0.143. The summed E-state index contributed by atoms with van der Waals surface area (Å²) in [6.07, 6.45) is 0.257. The molecule has 0 unspecified atom stereocenters. The number of rotatable bonds is 3. The molecule has 0 fully saturated rings. The second-order valence-electron chi connectivity index (χ2n) is 6.19. The van der Waals surface area contributed by atoms with Crippen LogP contribution in [-0.2, 0) is 4.43 Å². The van der Waals surface area contributed by atoms with Crippen molar-refractivity contribution in [2.75, 3.05) is 0 Å². The van der Waals surface area contributed by atoms with Crippen LogP contribution in [0.5, 0.6) is 0 Å². The van der Waals surface area contributed by atoms with E-state index in [1.165, 1.54) is 37.5 Å². The maximum absolute atomic E-state index is 5.85. The molecule has 0 aliphatic carbocycles. The molecule has 4 aromatic carbocycles. The van der Waals surface area contributed by atoms with E-state index in [1.54, 1.807) is 0 Å². The molecule has 0 aliphatic heterocycles. The van der Waals surface area contributed by atoms with Gasteiger partial charge in [0.25, 0.3) is 9.76 Å². The van der Waals surface area contributed by atoms with Crippen LogP contribution < -0.4 is 5.19 Å². The Morgan fingerprint density at radius 2 is 1.30 bits per heavy atom. The first kappa shape index (κ1) is 14.4. The fourth-order valence-electron chi connectivity index (χ4n) is 2.99. The van der Waals surface area contributed by atoms with Crippen LogP contribution in [0.25, 0.3) is 32.3 Å². The van der Waals surface area contributed by atoms with Gasteiger partial charge in [0.2, 0.25) is 0 Å². The normalized spacial score (nSPS) is 11.8. The third-order valence-electron chi connectivity index (χ3n) is 4.11. The van der Waals surface area contributed by atoms with Gasteiger partial charge in [0.05, 0.1) is 0 Å². The van der Waals surface area contributed by atoms with E-state index in [9.17, 15) is 0 Å². The summed E-state index contributed by atoms with van der Waals surface area (Å²) in [7, 11) is 0.391. The van der Waals surface area contributed by atoms with Crippen LogP contribution in [0.2, 0.25) is 0 Å². The Kier molecular flexibility index (Phi) is 3.64. The zero-order chi connectivity index (χ0) is 15.8. The largest absolute Gasteiger partial charge is 0.409 e. The van der Waals surface area contributed by atoms with Crippen LogP contribution >= 0.6 is 0 Å². The van der Waals surface area contributed by atoms with Crippen LogP contribution in [0.15, 0.2) is 66.7 Å². The minimum absolute atomic E-state index is 0.257. The zero-order valence-electron chi connectivity index (χ0n) is 13.3. The molecule has 0 N–H and O–H groups in total. The quantitative estimate of drug-likeness (QED) is 0.389. The van der Waals surface area contributed by atoms with E-state index in [-0.39, 0.29) is 6.10 Å². The first-order valence-electron chi connectivity index (χ1n) is 7.98. The minimum Gasteiger partial charge on any atom is -0.409 e. The summed E-state index contributed by atoms with van der Waals surface area (Å²) in [5, 5.41) is 9.03. The number of benzene rings is 4. The van der Waals surface area contributed by atoms with Crippen molar-refractivity contribution in [2.45, 2.75) is 20.0 Å². The molecule has 2 heteroatoms. The van der Waals surface area contributed by atoms with Crippen molar-refractivity contribution in [1.82, 2.24) is 0 Å². The van der Waals surface area contributed by atoms with Gasteiger partial charge < -0.3 is 4.43 Å². The van der Waals surface area contributed by atoms with Gasteiger partial charge in [0, 0.05) is 6.10 Å². The average molecular weight is 314 g/mol. The Balaban J connectivity index is 1.93. The van der Waals surface area contributed by atoms with E-state index >= 15 is 0 Å². The van der Waals surface area contributed by atoms with Crippen LogP contribution in [0.3, 0.4) is 0 Å². The van der Waals surface area contributed by atoms with Gasteiger partial charge in [-0.1, -0.05) is 42.5 Å². The Hall–Kier alpha value is -2.16. The lowest BCUT2D eigenvalue weighted by Gasteiger charge is -2.10. The number of fused-ring (bicyclic) bond motifs is 3. The van der Waals surface area contributed by atoms with Crippen molar-refractivity contribution in [3.05, 3.63) is 66.7 Å². The molecule has 2 radical (unpaired) electrons. The minimum atomic E-state index is 0.257. The van der Waals surface area contributed by atoms with Crippen molar-refractivity contribution in [1.29, 1.82) is 0 Å². The molecule has 23 heavy (non-hydrogen) atoms. The Labute approximate surface area is 138 Å². The summed E-state index contributed by atoms with van der Waals surface area (Å²) >= 11 is 0. The van der Waals surface area contributed by atoms with Gasteiger partial charge >= 0.3 is 0 Å². The van der Waals surface area contributed by atoms with Crippen molar-refractivity contribution in [2.24, 2.45) is 0 Å². The van der Waals surface area contributed by atoms with Crippen LogP contribution in [0, 0.1) is 0 Å². The summed E-state index contributed by atoms with van der Waals surface area (Å²) in [5.41, 5.74) is 0. The van der Waals surface area contributed by atoms with Gasteiger partial charge in [-0.05, 0) is 75.6 Å². The zero-order valence-corrected chi connectivity index (χ0v) is 14.3. The predicted molar refractivity (Wildman–Crippen MR) is 101 cm³/mol. The second-order valence-corrected chi connectivity index (χ2v) is 7.17. The summed E-state index contributed by atoms with van der Waals surface area (Å²) in [4.78, 5) is 0. The lowest BCUT2D eigenvalue weighted by Crippen LogP contribution is -2.21. The van der Waals surface area contributed by atoms with Crippen LogP contribution in [0.4, 0.5) is 0 Å². The molecule has 0 aromatic heterocycles. The van der Waals surface area contributed by atoms with Gasteiger partial charge in [-0.3, -0.25) is 0 Å². The molecule has 0 heterocycles. The molecular weight excluding hydrogens is 296 g/mol. The van der Waals surface area contributed by atoms with E-state index < -0.39 is 0 Å². The van der Waals surface area contributed by atoms with Crippen molar-refractivity contribution < 1.29 is 4.43 Å². The summed E-state index contributed by atoms with van der Waals surface area (Å²) in [6, 6.07) is 24.2. The summed E-state index contributed by atoms with van der Waals surface area (Å²) < 4.78 is 5.85. The van der Waals surface area contributed by atoms with Crippen LogP contribution in [0.1, 0.15) is 13.8 Å². The Morgan fingerprint density at radius 1 is 0.696 bits per heavy atom. The van der Waals surface area contributed by atoms with Crippen molar-refractivity contribution in [3.63, 3.8) is 0 Å². The fourth-order valence-corrected chi connectivity index (χ4v) is 3.84. The Morgan fingerprint density at radius 3 is 2.00 bits per heavy atom. The van der Waals surface area contributed by atoms with Crippen molar-refractivity contribution >= 4 is 47.3 Å². The molecule has 0 atom stereocenters. The molecule has 0 aliphatic rings. The lowest BCUT2D eigenvalue weighted by molar-refractivity contribution is 0.260. The molecule has 4 aromatic rings. The predicted octanol–water partition coefficient (Wildman–Crippen LogP) is 4.82. The molecule has 0 spiro atoms. The first-order chi connectivity index (χ1) is 11.2. The summed E-state index contributed by atoms with van der Waals surface area (Å²) in [5.74, 6) is 0. The monoisotopic (exact) mass is 314 g/mol. The smallest absolute Gasteiger partial charge is 0.269 e. The molecular formula is C21H18OSi. The molecule has 112 valence electrons. The highest BCUT2D eigenvalue weighted by molar-refractivity contribution is 6.51. The standard InChI is InChI=1S/C21H18OSi/c1-14(2)22-23-21-9-5-8-17-12-18-10-15-6-3-4-7-16(15)11-19(18)13-20(17)21/h3-14H,1-2H3. The molecule has 0 bridgehead atoms. The van der Waals surface area contributed by atoms with Gasteiger partial charge in [0.1, 0.15) is 0 Å². The van der Waals surface area contributed by atoms with E-state index in [1.807, 2.05) is 0 Å². The van der Waals surface area contributed by atoms with E-state index in [0.29, 0.717) is 9.76 Å². The van der Waals surface area contributed by atoms with Gasteiger partial charge in [0.15, 0.2) is 0 Å². The molecule has 4 rings (SSSR count). The number of hydrogen-bond acceptors (Lipinski definition) is 1. The molecule has 0 amide bonds. The SMILES string of the molecule is CC(C)O[Si]c1cccc2cc3cc4ccccc4cc3cc12. The second kappa shape index (κ2) is 5.80. The van der Waals surface area contributed by atoms with E-state index in [4.69, 9.17) is 4.43 Å². The van der Waals surface area contributed by atoms with Gasteiger partial charge in [-0.25, -0.2) is 0 Å². The van der Waals surface area contributed by atoms with Gasteiger partial charge in [-0.2, -0.15) is 0 Å². The lowest BCUT2D eigenvalue weighted by atomic mass is 10.00. The topological polar surface area (TPSA) is 9.23 Å². The molecule has 0 saturated heterocycles. The highest BCUT2D eigenvalue weighted by atomic mass is 28.2. The maximum Gasteiger partial charge on any atom is 0.269 e. The molecule has 1 nitrogen and oxygen atoms in total. The van der Waals surface area contributed by atoms with Crippen molar-refractivity contribution in [3.8, 4) is 0 Å². The maximum atomic E-state index is 5.85. The Bertz CT molecular complexity index is 1000. The van der Waals surface area contributed by atoms with Crippen LogP contribution in [-0.4, -0.2) is 15.9 Å². The number of hydrogen-bond donors (Lipinski definition) is 0. The van der Waals surface area contributed by atoms with E-state index in [0.717, 1.165) is 0 Å². The highest BCUT2D eigenvalue weighted by Gasteiger charge is 2.07. The van der Waals surface area contributed by atoms with E-state index in [2.05, 4.69) is 80.6 Å². The summed E-state index contributed by atoms with van der Waals surface area (Å²) in [6.45, 7) is 4.17. The average Bonchev–Trinajstić information content (AvgIpc) is 2.56. The van der Waals surface area contributed by atoms with Gasteiger partial charge in [-0.15, -0.1) is 0 Å². The molecule has 0 saturated carbocycles.